The summed E-state index contributed by atoms with van der Waals surface area (Å²) >= 11 is 4.07. The van der Waals surface area contributed by atoms with E-state index in [1.54, 1.807) is 18.3 Å². The average molecular weight is 546 g/mol. The molecule has 0 saturated carbocycles. The van der Waals surface area contributed by atoms with E-state index in [1.165, 1.54) is 35.2 Å². The Labute approximate surface area is 216 Å². The van der Waals surface area contributed by atoms with Gasteiger partial charge >= 0.3 is 6.09 Å². The summed E-state index contributed by atoms with van der Waals surface area (Å²) in [6, 6.07) is 3.03. The number of aromatic amines is 1. The van der Waals surface area contributed by atoms with Crippen LogP contribution < -0.4 is 16.2 Å². The van der Waals surface area contributed by atoms with Gasteiger partial charge in [0.25, 0.3) is 11.5 Å². The third-order valence-electron chi connectivity index (χ3n) is 3.50. The van der Waals surface area contributed by atoms with Crippen LogP contribution in [-0.2, 0) is 19.0 Å². The van der Waals surface area contributed by atoms with Crippen molar-refractivity contribution in [3.63, 3.8) is 0 Å². The van der Waals surface area contributed by atoms with Gasteiger partial charge in [0.2, 0.25) is 0 Å². The third kappa shape index (κ3) is 19.3. The highest BCUT2D eigenvalue weighted by molar-refractivity contribution is 8.19. The lowest BCUT2D eigenvalue weighted by Gasteiger charge is -1.92. The van der Waals surface area contributed by atoms with Crippen LogP contribution in [0.25, 0.3) is 0 Å². The fraction of sp³-hybridized carbons (Fsp3) is 0.476. The zero-order chi connectivity index (χ0) is 26.1. The number of alkyl carbamates (subject to hydrolysis) is 1. The average Bonchev–Trinajstić information content (AvgIpc) is 3.69. The Balaban J connectivity index is 0.000000218. The highest BCUT2D eigenvalue weighted by Gasteiger charge is 2.17. The molecule has 2 amide bonds. The molecule has 2 aromatic rings. The maximum absolute atomic E-state index is 10.00. The van der Waals surface area contributed by atoms with E-state index in [-0.39, 0.29) is 18.1 Å². The van der Waals surface area contributed by atoms with Crippen LogP contribution in [0.5, 0.6) is 0 Å². The summed E-state index contributed by atoms with van der Waals surface area (Å²) in [5.74, 6) is 3.22. The summed E-state index contributed by atoms with van der Waals surface area (Å²) < 4.78 is 22.7. The minimum absolute atomic E-state index is 0.126. The lowest BCUT2D eigenvalue weighted by atomic mass is 10.4. The molecule has 13 nitrogen and oxygen atoms in total. The van der Waals surface area contributed by atoms with Crippen LogP contribution in [0.15, 0.2) is 62.3 Å². The SMILES string of the molecule is C1COCN1.C1CSCS1.C=CCC1=NCCO1.O=C1COC(=O)N1.O=c1cco[nH]1.c1cnoc1. The van der Waals surface area contributed by atoms with Gasteiger partial charge in [-0.15, -0.1) is 6.58 Å². The molecule has 36 heavy (non-hydrogen) atoms. The second-order valence-corrected chi connectivity index (χ2v) is 8.88. The first-order chi connectivity index (χ1) is 17.6. The molecule has 3 N–H and O–H groups in total. The highest BCUT2D eigenvalue weighted by atomic mass is 32.2. The summed E-state index contributed by atoms with van der Waals surface area (Å²) in [7, 11) is 0. The Hall–Kier alpha value is -3.01. The minimum atomic E-state index is -0.648. The summed E-state index contributed by atoms with van der Waals surface area (Å²) in [4.78, 5) is 33.9. The number of hydrogen-bond donors (Lipinski definition) is 3. The van der Waals surface area contributed by atoms with E-state index >= 15 is 0 Å². The molecule has 0 unspecified atom stereocenters. The van der Waals surface area contributed by atoms with Crippen molar-refractivity contribution >= 4 is 41.4 Å². The Morgan fingerprint density at radius 2 is 1.94 bits per heavy atom. The molecule has 2 aromatic heterocycles. The number of carbonyl (C=O) groups excluding carboxylic acids is 2. The topological polar surface area (TPSA) is 170 Å². The van der Waals surface area contributed by atoms with Gasteiger partial charge in [-0.25, -0.2) is 4.79 Å². The zero-order valence-electron chi connectivity index (χ0n) is 19.7. The normalized spacial score (nSPS) is 16.7. The molecule has 0 spiro atoms. The van der Waals surface area contributed by atoms with Crippen molar-refractivity contribution in [2.24, 2.45) is 4.99 Å². The summed E-state index contributed by atoms with van der Waals surface area (Å²) in [6.45, 7) is 7.68. The van der Waals surface area contributed by atoms with Gasteiger partial charge in [-0.3, -0.25) is 25.2 Å². The minimum Gasteiger partial charge on any atom is -0.479 e. The van der Waals surface area contributed by atoms with Crippen molar-refractivity contribution in [1.29, 1.82) is 0 Å². The maximum Gasteiger partial charge on any atom is 0.414 e. The number of aromatic nitrogens is 2. The number of H-pyrrole nitrogens is 1. The largest absolute Gasteiger partial charge is 0.479 e. The van der Waals surface area contributed by atoms with E-state index in [1.807, 2.05) is 28.8 Å². The molecule has 4 aliphatic rings. The summed E-state index contributed by atoms with van der Waals surface area (Å²) in [5.41, 5.74) is -0.199. The van der Waals surface area contributed by atoms with Gasteiger partial charge in [-0.05, 0) is 6.07 Å². The molecule has 6 heterocycles. The van der Waals surface area contributed by atoms with Crippen LogP contribution in [0.4, 0.5) is 4.79 Å². The van der Waals surface area contributed by atoms with Crippen LogP contribution in [0, 0.1) is 0 Å². The molecule has 6 rings (SSSR count). The Morgan fingerprint density at radius 3 is 2.19 bits per heavy atom. The van der Waals surface area contributed by atoms with Crippen molar-refractivity contribution in [2.45, 2.75) is 6.42 Å². The van der Waals surface area contributed by atoms with E-state index < -0.39 is 6.09 Å². The number of hydrogen-bond acceptors (Lipinski definition) is 13. The fourth-order valence-electron chi connectivity index (χ4n) is 2.00. The number of thioether (sulfide) groups is 2. The number of nitrogens with one attached hydrogen (secondary N) is 3. The van der Waals surface area contributed by atoms with Crippen LogP contribution >= 0.6 is 23.5 Å². The van der Waals surface area contributed by atoms with Gasteiger partial charge in [-0.1, -0.05) is 11.2 Å². The van der Waals surface area contributed by atoms with Crippen molar-refractivity contribution in [3.05, 3.63) is 53.9 Å². The summed E-state index contributed by atoms with van der Waals surface area (Å²) in [5, 5.41) is 11.7. The zero-order valence-corrected chi connectivity index (χ0v) is 21.4. The second-order valence-electron chi connectivity index (χ2n) is 6.30. The smallest absolute Gasteiger partial charge is 0.414 e. The third-order valence-corrected chi connectivity index (χ3v) is 6.08. The molecule has 0 aromatic carbocycles. The number of nitrogens with zero attached hydrogens (tertiary/aromatic N) is 2. The molecule has 0 radical (unpaired) electrons. The van der Waals surface area contributed by atoms with E-state index in [0.717, 1.165) is 45.4 Å². The molecule has 15 heteroatoms. The number of aliphatic imine (C=N–C) groups is 1. The van der Waals surface area contributed by atoms with Crippen LogP contribution in [0.3, 0.4) is 0 Å². The van der Waals surface area contributed by atoms with Gasteiger partial charge in [0.05, 0.1) is 26.1 Å². The van der Waals surface area contributed by atoms with E-state index in [0.29, 0.717) is 0 Å². The first-order valence-electron chi connectivity index (χ1n) is 10.8. The van der Waals surface area contributed by atoms with E-state index in [4.69, 9.17) is 9.47 Å². The number of cyclic esters (lactones) is 1. The molecule has 0 bridgehead atoms. The fourth-order valence-corrected chi connectivity index (χ4v) is 4.35. The van der Waals surface area contributed by atoms with Gasteiger partial charge < -0.3 is 23.3 Å². The number of carbonyl (C=O) groups is 2. The molecular weight excluding hydrogens is 514 g/mol. The number of amides is 2. The van der Waals surface area contributed by atoms with Gasteiger partial charge in [-0.2, -0.15) is 28.7 Å². The molecule has 4 aliphatic heterocycles. The lowest BCUT2D eigenvalue weighted by Crippen LogP contribution is -2.18. The van der Waals surface area contributed by atoms with E-state index in [9.17, 15) is 14.4 Å². The monoisotopic (exact) mass is 545 g/mol. The Kier molecular flexibility index (Phi) is 19.3. The van der Waals surface area contributed by atoms with Crippen molar-refractivity contribution in [2.75, 3.05) is 56.2 Å². The Bertz CT molecular complexity index is 823. The van der Waals surface area contributed by atoms with Gasteiger partial charge in [0.15, 0.2) is 12.5 Å². The quantitative estimate of drug-likeness (QED) is 0.469. The molecule has 0 aliphatic carbocycles. The Morgan fingerprint density at radius 1 is 1.11 bits per heavy atom. The van der Waals surface area contributed by atoms with Crippen LogP contribution in [0.1, 0.15) is 6.42 Å². The van der Waals surface area contributed by atoms with Gasteiger partial charge in [0.1, 0.15) is 19.1 Å². The van der Waals surface area contributed by atoms with Crippen LogP contribution in [0.2, 0.25) is 0 Å². The number of rotatable bonds is 2. The predicted molar refractivity (Wildman–Crippen MR) is 137 cm³/mol. The molecule has 200 valence electrons. The predicted octanol–water partition coefficient (Wildman–Crippen LogP) is 1.87. The van der Waals surface area contributed by atoms with Crippen LogP contribution in [-0.4, -0.2) is 84.4 Å². The highest BCUT2D eigenvalue weighted by Crippen LogP contribution is 2.20. The molecular formula is C21H31N5O8S2. The molecule has 3 fully saturated rings. The lowest BCUT2D eigenvalue weighted by molar-refractivity contribution is -0.119. The first kappa shape index (κ1) is 31.0. The molecule has 3 saturated heterocycles. The summed E-state index contributed by atoms with van der Waals surface area (Å²) in [6.07, 6.45) is 6.32. The second kappa shape index (κ2) is 22.5. The first-order valence-corrected chi connectivity index (χ1v) is 13.1. The van der Waals surface area contributed by atoms with Crippen molar-refractivity contribution < 1.29 is 32.8 Å². The van der Waals surface area contributed by atoms with Gasteiger partial charge in [0, 0.05) is 35.6 Å². The van der Waals surface area contributed by atoms with Crippen molar-refractivity contribution in [3.8, 4) is 0 Å². The maximum atomic E-state index is 10.00. The van der Waals surface area contributed by atoms with Crippen molar-refractivity contribution in [1.82, 2.24) is 20.9 Å². The standard InChI is InChI=1S/C6H9NO.C3H3NO3.C3H3NO2.C3H7NO.C3H3NO.C3H6S2/c1-2-3-6-7-4-5-8-6;5-2-1-7-3(6)4-2;5-3-1-2-6-4-3;1-2-5-3-4-1;1-2-4-5-3-1;1-2-5-3-4-1/h2H,1,3-5H2;1H2,(H,4,5,6);1-2H,(H,4,5);4H,1-3H2;1-3H;1-3H2. The molecule has 0 atom stereocenters. The number of ether oxygens (including phenoxy) is 3. The number of imide groups is 1. The van der Waals surface area contributed by atoms with E-state index in [2.05, 4.69) is 41.0 Å².